The summed E-state index contributed by atoms with van der Waals surface area (Å²) in [5.41, 5.74) is 0. The fourth-order valence-electron chi connectivity index (χ4n) is 7.40. The van der Waals surface area contributed by atoms with Crippen molar-refractivity contribution in [2.45, 2.75) is 136 Å². The lowest BCUT2D eigenvalue weighted by Crippen LogP contribution is -2.69. The Bertz CT molecular complexity index is 1160. The largest absolute Gasteiger partial charge is 0.477 e. The summed E-state index contributed by atoms with van der Waals surface area (Å²) in [6.07, 6.45) is -20.8. The molecule has 7 rings (SSSR count). The Morgan fingerprint density at radius 2 is 1.24 bits per heavy atom. The Morgan fingerprint density at radius 3 is 1.84 bits per heavy atom. The van der Waals surface area contributed by atoms with Crippen LogP contribution in [-0.2, 0) is 66.4 Å². The highest BCUT2D eigenvalue weighted by Gasteiger charge is 2.61. The summed E-state index contributed by atoms with van der Waals surface area (Å²) >= 11 is 0. The van der Waals surface area contributed by atoms with Crippen molar-refractivity contribution in [1.29, 1.82) is 0 Å². The molecule has 0 aliphatic carbocycles. The van der Waals surface area contributed by atoms with Crippen LogP contribution in [0.3, 0.4) is 0 Å². The van der Waals surface area contributed by atoms with E-state index in [2.05, 4.69) is 0 Å². The predicted molar refractivity (Wildman–Crippen MR) is 149 cm³/mol. The second-order valence-corrected chi connectivity index (χ2v) is 13.2. The molecule has 0 saturated carbocycles. The number of carboxylic acids is 1. The van der Waals surface area contributed by atoms with Gasteiger partial charge in [-0.1, -0.05) is 0 Å². The van der Waals surface area contributed by atoms with Gasteiger partial charge in [-0.2, -0.15) is 0 Å². The van der Waals surface area contributed by atoms with Crippen LogP contribution >= 0.6 is 0 Å². The minimum atomic E-state index is -2.12. The fourth-order valence-corrected chi connectivity index (χ4v) is 7.40. The number of fused-ring (bicyclic) bond motifs is 5. The van der Waals surface area contributed by atoms with Crippen molar-refractivity contribution in [3.63, 3.8) is 0 Å². The molecule has 20 unspecified atom stereocenters. The van der Waals surface area contributed by atoms with E-state index in [1.807, 2.05) is 0 Å². The number of rotatable bonds is 10. The minimum absolute atomic E-state index is 0.0308. The van der Waals surface area contributed by atoms with E-state index in [9.17, 15) is 35.4 Å². The molecule has 6 N–H and O–H groups in total. The van der Waals surface area contributed by atoms with E-state index in [-0.39, 0.29) is 32.8 Å². The highest BCUT2D eigenvalue weighted by Crippen LogP contribution is 2.41. The number of hydrogen-bond acceptors (Lipinski definition) is 19. The van der Waals surface area contributed by atoms with Gasteiger partial charge in [0, 0.05) is 27.6 Å². The summed E-state index contributed by atoms with van der Waals surface area (Å²) in [4.78, 5) is 12.0. The molecular weight excluding hydrogens is 668 g/mol. The van der Waals surface area contributed by atoms with Gasteiger partial charge in [0.2, 0.25) is 0 Å². The number of carboxylic acid groups (broad SMARTS) is 1. The molecule has 20 nitrogen and oxygen atoms in total. The molecule has 4 bridgehead atoms. The molecular formula is C29H44O20. The van der Waals surface area contributed by atoms with Gasteiger partial charge in [0.05, 0.1) is 38.6 Å². The third-order valence-corrected chi connectivity index (χ3v) is 10.1. The van der Waals surface area contributed by atoms with Crippen LogP contribution in [0.1, 0.15) is 13.3 Å². The van der Waals surface area contributed by atoms with Crippen LogP contribution in [0.5, 0.6) is 0 Å². The second-order valence-electron chi connectivity index (χ2n) is 13.2. The van der Waals surface area contributed by atoms with Crippen LogP contribution in [-0.4, -0.2) is 200 Å². The summed E-state index contributed by atoms with van der Waals surface area (Å²) in [6.45, 7) is 0.613. The SMILES string of the molecule is COC1CC(CO)OC(OC2C3COC2C(O)C(OC2C(O)C(OC4C5COC4C(O)C(OC)O5)OC4COC(C)(C(=O)O)OC42)O3)C1O. The zero-order chi connectivity index (χ0) is 34.8. The van der Waals surface area contributed by atoms with Gasteiger partial charge in [0.25, 0.3) is 5.79 Å². The molecule has 7 fully saturated rings. The fraction of sp³-hybridized carbons (Fsp3) is 0.966. The number of ether oxygens (including phenoxy) is 13. The molecule has 280 valence electrons. The second kappa shape index (κ2) is 14.3. The maximum absolute atomic E-state index is 12.0. The minimum Gasteiger partial charge on any atom is -0.477 e. The zero-order valence-electron chi connectivity index (χ0n) is 26.9. The molecule has 7 aliphatic heterocycles. The Morgan fingerprint density at radius 1 is 0.694 bits per heavy atom. The third kappa shape index (κ3) is 6.53. The molecule has 7 aliphatic rings. The van der Waals surface area contributed by atoms with Crippen LogP contribution in [0.2, 0.25) is 0 Å². The van der Waals surface area contributed by atoms with Crippen molar-refractivity contribution in [1.82, 2.24) is 0 Å². The monoisotopic (exact) mass is 712 g/mol. The first-order chi connectivity index (χ1) is 23.5. The van der Waals surface area contributed by atoms with E-state index in [1.54, 1.807) is 0 Å². The molecule has 0 amide bonds. The first-order valence-electron chi connectivity index (χ1n) is 16.2. The van der Waals surface area contributed by atoms with Crippen molar-refractivity contribution in [3.8, 4) is 0 Å². The summed E-state index contributed by atoms with van der Waals surface area (Å²) < 4.78 is 75.2. The van der Waals surface area contributed by atoms with E-state index in [0.717, 1.165) is 0 Å². The smallest absolute Gasteiger partial charge is 0.364 e. The molecule has 0 aromatic rings. The first-order valence-corrected chi connectivity index (χ1v) is 16.2. The van der Waals surface area contributed by atoms with Crippen LogP contribution in [0.15, 0.2) is 0 Å². The van der Waals surface area contributed by atoms with E-state index < -0.39 is 128 Å². The maximum Gasteiger partial charge on any atom is 0.364 e. The van der Waals surface area contributed by atoms with Crippen molar-refractivity contribution in [2.24, 2.45) is 0 Å². The zero-order valence-corrected chi connectivity index (χ0v) is 26.9. The molecule has 0 aromatic heterocycles. The molecule has 7 saturated heterocycles. The van der Waals surface area contributed by atoms with E-state index in [1.165, 1.54) is 21.1 Å². The third-order valence-electron chi connectivity index (χ3n) is 10.1. The summed E-state index contributed by atoms with van der Waals surface area (Å²) in [5, 5.41) is 63.9. The quantitative estimate of drug-likeness (QED) is 0.125. The maximum atomic E-state index is 12.0. The highest BCUT2D eigenvalue weighted by molar-refractivity contribution is 5.75. The van der Waals surface area contributed by atoms with Gasteiger partial charge in [0.15, 0.2) is 25.2 Å². The number of methoxy groups -OCH3 is 2. The van der Waals surface area contributed by atoms with Crippen LogP contribution in [0, 0.1) is 0 Å². The molecule has 20 atom stereocenters. The summed E-state index contributed by atoms with van der Waals surface area (Å²) in [7, 11) is 2.79. The van der Waals surface area contributed by atoms with Gasteiger partial charge < -0.3 is 92.2 Å². The van der Waals surface area contributed by atoms with Gasteiger partial charge in [-0.25, -0.2) is 4.79 Å². The molecule has 0 spiro atoms. The van der Waals surface area contributed by atoms with Gasteiger partial charge in [-0.15, -0.1) is 0 Å². The van der Waals surface area contributed by atoms with Gasteiger partial charge in [0.1, 0.15) is 79.4 Å². The lowest BCUT2D eigenvalue weighted by Gasteiger charge is -2.51. The summed E-state index contributed by atoms with van der Waals surface area (Å²) in [6, 6.07) is 0. The van der Waals surface area contributed by atoms with Gasteiger partial charge >= 0.3 is 5.97 Å². The number of hydrogen-bond donors (Lipinski definition) is 6. The van der Waals surface area contributed by atoms with Crippen LogP contribution < -0.4 is 0 Å². The lowest BCUT2D eigenvalue weighted by atomic mass is 9.95. The Hall–Kier alpha value is -1.25. The molecule has 0 radical (unpaired) electrons. The normalized spacial score (nSPS) is 54.1. The van der Waals surface area contributed by atoms with E-state index in [4.69, 9.17) is 61.6 Å². The first kappa shape index (κ1) is 36.1. The Labute approximate surface area is 279 Å². The van der Waals surface area contributed by atoms with Crippen LogP contribution in [0.4, 0.5) is 0 Å². The van der Waals surface area contributed by atoms with Crippen molar-refractivity contribution < 1.29 is 97.0 Å². The highest BCUT2D eigenvalue weighted by atomic mass is 16.8. The van der Waals surface area contributed by atoms with Crippen molar-refractivity contribution >= 4 is 5.97 Å². The predicted octanol–water partition coefficient (Wildman–Crippen LogP) is -4.46. The van der Waals surface area contributed by atoms with Gasteiger partial charge in [-0.3, -0.25) is 0 Å². The Balaban J connectivity index is 1.08. The molecule has 49 heavy (non-hydrogen) atoms. The number of carbonyl (C=O) groups is 1. The molecule has 7 heterocycles. The molecule has 0 aromatic carbocycles. The van der Waals surface area contributed by atoms with E-state index >= 15 is 0 Å². The average molecular weight is 713 g/mol. The van der Waals surface area contributed by atoms with Crippen molar-refractivity contribution in [3.05, 3.63) is 0 Å². The average Bonchev–Trinajstić information content (AvgIpc) is 3.57. The number of aliphatic carboxylic acids is 1. The number of aliphatic hydroxyl groups is 5. The lowest BCUT2D eigenvalue weighted by molar-refractivity contribution is -0.409. The Kier molecular flexibility index (Phi) is 10.5. The van der Waals surface area contributed by atoms with E-state index in [0.29, 0.717) is 0 Å². The molecule has 20 heteroatoms. The standard InChI is InChI=1S/C29H44O20/c1-29(28(35)36)41-8-13-20(49-29)23(17(34)27(45-13)47-18-11-6-39-21(18)15(32)24(38-3)43-11)48-26-16(33)22-19(12(44-26)7-40-22)46-25-14(31)10(37-2)4-9(5-30)42-25/h9-27,30-34H,4-8H2,1-3H3,(H,35,36). The van der Waals surface area contributed by atoms with Crippen molar-refractivity contribution in [2.75, 3.05) is 40.6 Å². The number of aliphatic hydroxyl groups excluding tert-OH is 5. The topological polar surface area (TPSA) is 258 Å². The van der Waals surface area contributed by atoms with Crippen LogP contribution in [0.25, 0.3) is 0 Å². The summed E-state index contributed by atoms with van der Waals surface area (Å²) in [5.74, 6) is -3.55. The van der Waals surface area contributed by atoms with Gasteiger partial charge in [-0.05, 0) is 0 Å².